The van der Waals surface area contributed by atoms with Gasteiger partial charge in [0.1, 0.15) is 5.82 Å². The fourth-order valence-electron chi connectivity index (χ4n) is 4.18. The maximum absolute atomic E-state index is 13.2. The number of benzene rings is 1. The van der Waals surface area contributed by atoms with Crippen molar-refractivity contribution >= 4 is 39.3 Å². The van der Waals surface area contributed by atoms with E-state index in [2.05, 4.69) is 47.0 Å². The maximum Gasteiger partial charge on any atom is 0.257 e. The number of thioether (sulfide) groups is 1. The van der Waals surface area contributed by atoms with E-state index in [4.69, 9.17) is 4.98 Å². The molecule has 0 amide bonds. The topological polar surface area (TPSA) is 74.8 Å². The number of aromatic amines is 1. The molecule has 1 atom stereocenters. The fourth-order valence-corrected chi connectivity index (χ4v) is 5.41. The molecule has 0 saturated carbocycles. The summed E-state index contributed by atoms with van der Waals surface area (Å²) in [4.78, 5) is 34.0. The third-order valence-corrected chi connectivity index (χ3v) is 7.16. The Labute approximate surface area is 182 Å². The van der Waals surface area contributed by atoms with Crippen LogP contribution in [-0.2, 0) is 4.79 Å². The van der Waals surface area contributed by atoms with Crippen LogP contribution in [0.5, 0.6) is 0 Å². The molecule has 29 heavy (non-hydrogen) atoms. The molecule has 2 aromatic rings. The number of hydrogen-bond acceptors (Lipinski definition) is 5. The van der Waals surface area contributed by atoms with Crippen LogP contribution in [0, 0.1) is 5.41 Å². The van der Waals surface area contributed by atoms with Crippen molar-refractivity contribution < 1.29 is 4.79 Å². The number of halogens is 1. The predicted octanol–water partition coefficient (Wildman–Crippen LogP) is 5.24. The van der Waals surface area contributed by atoms with Crippen molar-refractivity contribution in [1.82, 2.24) is 9.97 Å². The first-order valence-electron chi connectivity index (χ1n) is 9.85. The molecule has 0 fully saturated rings. The van der Waals surface area contributed by atoms with Crippen molar-refractivity contribution in [1.29, 1.82) is 0 Å². The third-order valence-electron chi connectivity index (χ3n) is 5.36. The molecule has 2 aliphatic rings. The fraction of sp³-hybridized carbons (Fsp3) is 0.409. The lowest BCUT2D eigenvalue weighted by Gasteiger charge is -2.38. The van der Waals surface area contributed by atoms with Crippen molar-refractivity contribution in [3.8, 4) is 0 Å². The summed E-state index contributed by atoms with van der Waals surface area (Å²) in [6.45, 7) is 6.30. The molecule has 0 radical (unpaired) electrons. The van der Waals surface area contributed by atoms with E-state index in [9.17, 15) is 9.59 Å². The van der Waals surface area contributed by atoms with Crippen molar-refractivity contribution in [3.63, 3.8) is 0 Å². The van der Waals surface area contributed by atoms with Crippen LogP contribution in [0.2, 0.25) is 0 Å². The number of carbonyl (C=O) groups is 1. The highest BCUT2D eigenvalue weighted by molar-refractivity contribution is 9.10. The molecule has 1 aliphatic heterocycles. The Morgan fingerprint density at radius 1 is 1.24 bits per heavy atom. The smallest absolute Gasteiger partial charge is 0.257 e. The molecule has 7 heteroatoms. The molecule has 1 aliphatic carbocycles. The molecular weight excluding hydrogens is 450 g/mol. The van der Waals surface area contributed by atoms with E-state index in [0.29, 0.717) is 28.5 Å². The van der Waals surface area contributed by atoms with Gasteiger partial charge in [0.25, 0.3) is 5.56 Å². The maximum atomic E-state index is 13.2. The first-order valence-corrected chi connectivity index (χ1v) is 11.6. The number of aromatic nitrogens is 2. The van der Waals surface area contributed by atoms with Gasteiger partial charge in [-0.05, 0) is 29.9 Å². The van der Waals surface area contributed by atoms with Crippen LogP contribution in [-0.4, -0.2) is 21.5 Å². The summed E-state index contributed by atoms with van der Waals surface area (Å²) in [6.07, 6.45) is 2.22. The molecule has 1 aromatic heterocycles. The molecule has 2 N–H and O–H groups in total. The number of nitrogens with one attached hydrogen (secondary N) is 2. The molecule has 5 nitrogen and oxygen atoms in total. The summed E-state index contributed by atoms with van der Waals surface area (Å²) in [5, 5.41) is 3.97. The van der Waals surface area contributed by atoms with Crippen LogP contribution < -0.4 is 10.9 Å². The summed E-state index contributed by atoms with van der Waals surface area (Å²) in [7, 11) is 0. The van der Waals surface area contributed by atoms with Crippen LogP contribution in [0.15, 0.2) is 50.0 Å². The number of carbonyl (C=O) groups excluding carboxylic acids is 1. The number of Topliss-reactive ketones (excluding diaryl/α,β-unsaturated/α-hetero) is 1. The zero-order valence-electron chi connectivity index (χ0n) is 16.8. The zero-order valence-corrected chi connectivity index (χ0v) is 19.2. The van der Waals surface area contributed by atoms with E-state index < -0.39 is 5.92 Å². The van der Waals surface area contributed by atoms with Crippen LogP contribution in [0.1, 0.15) is 57.1 Å². The largest absolute Gasteiger partial charge is 0.343 e. The predicted molar refractivity (Wildman–Crippen MR) is 121 cm³/mol. The Kier molecular flexibility index (Phi) is 5.46. The van der Waals surface area contributed by atoms with Gasteiger partial charge in [0.15, 0.2) is 10.9 Å². The Bertz CT molecular complexity index is 1070. The van der Waals surface area contributed by atoms with Crippen molar-refractivity contribution in [2.24, 2.45) is 5.41 Å². The van der Waals surface area contributed by atoms with E-state index in [1.807, 2.05) is 24.3 Å². The Hall–Kier alpha value is -1.86. The highest BCUT2D eigenvalue weighted by Crippen LogP contribution is 2.48. The number of allylic oxidation sites excluding steroid dienone is 2. The number of nitrogens with zero attached hydrogens (tertiary/aromatic N) is 1. The number of ketones is 1. The molecule has 152 valence electrons. The SMILES string of the molecule is CCCSc1nc2c(c(=O)[nH]1)C(c1ccccc1Br)C1=C(CC(C)(C)CC1=O)N2. The first-order chi connectivity index (χ1) is 13.8. The van der Waals surface area contributed by atoms with E-state index in [0.717, 1.165) is 34.3 Å². The lowest BCUT2D eigenvalue weighted by Crippen LogP contribution is -2.37. The van der Waals surface area contributed by atoms with Gasteiger partial charge in [-0.2, -0.15) is 0 Å². The second kappa shape index (κ2) is 7.76. The van der Waals surface area contributed by atoms with Crippen LogP contribution in [0.3, 0.4) is 0 Å². The number of anilines is 1. The van der Waals surface area contributed by atoms with Gasteiger partial charge in [-0.25, -0.2) is 4.98 Å². The summed E-state index contributed by atoms with van der Waals surface area (Å²) < 4.78 is 0.881. The van der Waals surface area contributed by atoms with Gasteiger partial charge in [-0.1, -0.05) is 66.7 Å². The van der Waals surface area contributed by atoms with Crippen molar-refractivity contribution in [2.45, 2.75) is 51.1 Å². The zero-order chi connectivity index (χ0) is 20.8. The van der Waals surface area contributed by atoms with E-state index in [1.54, 1.807) is 0 Å². The van der Waals surface area contributed by atoms with Gasteiger partial charge in [-0.15, -0.1) is 0 Å². The Morgan fingerprint density at radius 2 is 2.00 bits per heavy atom. The van der Waals surface area contributed by atoms with Gasteiger partial charge in [0.05, 0.1) is 5.56 Å². The summed E-state index contributed by atoms with van der Waals surface area (Å²) in [5.41, 5.74) is 2.71. The third kappa shape index (κ3) is 3.82. The van der Waals surface area contributed by atoms with Crippen molar-refractivity contribution in [3.05, 3.63) is 61.5 Å². The second-order valence-corrected chi connectivity index (χ2v) is 10.3. The molecule has 1 aromatic carbocycles. The van der Waals surface area contributed by atoms with E-state index in [1.165, 1.54) is 11.8 Å². The standard InChI is InChI=1S/C22H24BrN3O2S/c1-4-9-29-21-25-19-18(20(28)26-21)16(12-7-5-6-8-13(12)23)17-14(24-19)10-22(2,3)11-15(17)27/h5-8,16H,4,9-11H2,1-3H3,(H2,24,25,26,28). The molecule has 2 heterocycles. The molecule has 0 bridgehead atoms. The Balaban J connectivity index is 1.94. The van der Waals surface area contributed by atoms with Gasteiger partial charge < -0.3 is 10.3 Å². The minimum absolute atomic E-state index is 0.0963. The van der Waals surface area contributed by atoms with E-state index >= 15 is 0 Å². The number of H-pyrrole nitrogens is 1. The quantitative estimate of drug-likeness (QED) is 0.469. The Morgan fingerprint density at radius 3 is 2.72 bits per heavy atom. The van der Waals surface area contributed by atoms with Gasteiger partial charge >= 0.3 is 0 Å². The molecule has 4 rings (SSSR count). The highest BCUT2D eigenvalue weighted by Gasteiger charge is 2.42. The van der Waals surface area contributed by atoms with E-state index in [-0.39, 0.29) is 16.8 Å². The first kappa shape index (κ1) is 20.4. The number of rotatable bonds is 4. The molecular formula is C22H24BrN3O2S. The van der Waals surface area contributed by atoms with Gasteiger partial charge in [0.2, 0.25) is 0 Å². The number of hydrogen-bond donors (Lipinski definition) is 2. The van der Waals surface area contributed by atoms with Crippen LogP contribution in [0.25, 0.3) is 0 Å². The summed E-state index contributed by atoms with van der Waals surface area (Å²) in [6, 6.07) is 7.79. The molecule has 1 unspecified atom stereocenters. The lowest BCUT2D eigenvalue weighted by molar-refractivity contribution is -0.118. The summed E-state index contributed by atoms with van der Waals surface area (Å²) >= 11 is 5.16. The monoisotopic (exact) mass is 473 g/mol. The highest BCUT2D eigenvalue weighted by atomic mass is 79.9. The number of fused-ring (bicyclic) bond motifs is 1. The average molecular weight is 474 g/mol. The minimum atomic E-state index is -0.429. The van der Waals surface area contributed by atoms with Gasteiger partial charge in [0, 0.05) is 33.8 Å². The molecule has 0 saturated heterocycles. The van der Waals surface area contributed by atoms with Crippen LogP contribution >= 0.6 is 27.7 Å². The second-order valence-electron chi connectivity index (χ2n) is 8.39. The summed E-state index contributed by atoms with van der Waals surface area (Å²) in [5.74, 6) is 1.12. The van der Waals surface area contributed by atoms with Gasteiger partial charge in [-0.3, -0.25) is 9.59 Å². The minimum Gasteiger partial charge on any atom is -0.343 e. The normalized spacial score (nSPS) is 20.1. The van der Waals surface area contributed by atoms with Crippen molar-refractivity contribution in [2.75, 3.05) is 11.1 Å². The van der Waals surface area contributed by atoms with Crippen LogP contribution in [0.4, 0.5) is 5.82 Å². The molecule has 0 spiro atoms. The average Bonchev–Trinajstić information content (AvgIpc) is 2.64. The lowest BCUT2D eigenvalue weighted by atomic mass is 9.69.